The molecule has 0 saturated carbocycles. The molecule has 0 saturated heterocycles. The van der Waals surface area contributed by atoms with Crippen LogP contribution < -0.4 is 5.32 Å². The Morgan fingerprint density at radius 2 is 1.68 bits per heavy atom. The number of rotatable bonds is 5. The van der Waals surface area contributed by atoms with Gasteiger partial charge >= 0.3 is 0 Å². The lowest BCUT2D eigenvalue weighted by Crippen LogP contribution is -2.35. The van der Waals surface area contributed by atoms with Gasteiger partial charge in [-0.1, -0.05) is 70.2 Å². The first-order valence-electron chi connectivity index (χ1n) is 7.18. The van der Waals surface area contributed by atoms with Crippen LogP contribution in [0.3, 0.4) is 0 Å². The molecule has 1 nitrogen and oxygen atoms in total. The van der Waals surface area contributed by atoms with Crippen molar-refractivity contribution in [2.45, 2.75) is 40.2 Å². The highest BCUT2D eigenvalue weighted by atomic mass is 14.9. The van der Waals surface area contributed by atoms with Crippen LogP contribution in [0.4, 0.5) is 0 Å². The van der Waals surface area contributed by atoms with E-state index >= 15 is 0 Å². The molecule has 0 bridgehead atoms. The molecule has 0 unspecified atom stereocenters. The van der Waals surface area contributed by atoms with Crippen LogP contribution in [0.5, 0.6) is 0 Å². The van der Waals surface area contributed by atoms with E-state index in [-0.39, 0.29) is 5.41 Å². The van der Waals surface area contributed by atoms with Gasteiger partial charge in [-0.3, -0.25) is 0 Å². The quantitative estimate of drug-likeness (QED) is 0.834. The van der Waals surface area contributed by atoms with Crippen LogP contribution in [0.2, 0.25) is 0 Å². The monoisotopic (exact) mass is 255 g/mol. The summed E-state index contributed by atoms with van der Waals surface area (Å²) in [5.41, 5.74) is 1.72. The second-order valence-corrected chi connectivity index (χ2v) is 6.51. The predicted octanol–water partition coefficient (Wildman–Crippen LogP) is 4.41. The van der Waals surface area contributed by atoms with E-state index in [1.54, 1.807) is 0 Å². The van der Waals surface area contributed by atoms with Crippen molar-refractivity contribution in [2.24, 2.45) is 5.41 Å². The van der Waals surface area contributed by atoms with Crippen LogP contribution in [0.25, 0.3) is 10.8 Å². The Morgan fingerprint density at radius 1 is 1.00 bits per heavy atom. The fourth-order valence-electron chi connectivity index (χ4n) is 2.51. The normalized spacial score (nSPS) is 12.3. The summed E-state index contributed by atoms with van der Waals surface area (Å²) >= 11 is 0. The lowest BCUT2D eigenvalue weighted by molar-refractivity contribution is 0.326. The average Bonchev–Trinajstić information content (AvgIpc) is 2.37. The molecular formula is C18H25N. The third-order valence-corrected chi connectivity index (χ3v) is 3.54. The number of nitrogens with one attached hydrogen (secondary N) is 1. The number of hydrogen-bond donors (Lipinski definition) is 1. The molecule has 0 heterocycles. The van der Waals surface area contributed by atoms with Gasteiger partial charge in [0.25, 0.3) is 0 Å². The highest BCUT2D eigenvalue weighted by molar-refractivity contribution is 5.85. The van der Waals surface area contributed by atoms with E-state index in [0.717, 1.165) is 13.0 Å². The van der Waals surface area contributed by atoms with E-state index in [1.807, 2.05) is 0 Å². The lowest BCUT2D eigenvalue weighted by Gasteiger charge is -2.27. The summed E-state index contributed by atoms with van der Waals surface area (Å²) < 4.78 is 0. The van der Waals surface area contributed by atoms with Gasteiger partial charge in [0.1, 0.15) is 0 Å². The molecule has 1 heteroatoms. The van der Waals surface area contributed by atoms with E-state index in [4.69, 9.17) is 0 Å². The van der Waals surface area contributed by atoms with Crippen LogP contribution in [0, 0.1) is 5.41 Å². The largest absolute Gasteiger partial charge is 0.314 e. The number of benzene rings is 2. The smallest absolute Gasteiger partial charge is 0.00106 e. The van der Waals surface area contributed by atoms with Crippen molar-refractivity contribution in [3.05, 3.63) is 48.0 Å². The van der Waals surface area contributed by atoms with Crippen molar-refractivity contribution in [2.75, 3.05) is 6.54 Å². The average molecular weight is 255 g/mol. The molecule has 0 fully saturated rings. The fraction of sp³-hybridized carbons (Fsp3) is 0.444. The summed E-state index contributed by atoms with van der Waals surface area (Å²) in [4.78, 5) is 0. The summed E-state index contributed by atoms with van der Waals surface area (Å²) in [6, 6.07) is 15.8. The van der Waals surface area contributed by atoms with Crippen molar-refractivity contribution in [1.29, 1.82) is 0 Å². The molecule has 0 aromatic heterocycles. The molecule has 0 spiro atoms. The van der Waals surface area contributed by atoms with Gasteiger partial charge < -0.3 is 5.32 Å². The number of fused-ring (bicyclic) bond motifs is 1. The van der Waals surface area contributed by atoms with Crippen LogP contribution in [-0.4, -0.2) is 12.6 Å². The van der Waals surface area contributed by atoms with E-state index in [1.165, 1.54) is 16.3 Å². The SMILES string of the molecule is CC(C)NCC(C)(C)Cc1cccc2ccccc12. The van der Waals surface area contributed by atoms with Crippen LogP contribution in [0.15, 0.2) is 42.5 Å². The Balaban J connectivity index is 2.21. The Bertz CT molecular complexity index is 535. The van der Waals surface area contributed by atoms with Crippen LogP contribution in [-0.2, 0) is 6.42 Å². The van der Waals surface area contributed by atoms with Gasteiger partial charge in [0, 0.05) is 12.6 Å². The third-order valence-electron chi connectivity index (χ3n) is 3.54. The minimum Gasteiger partial charge on any atom is -0.314 e. The van der Waals surface area contributed by atoms with Gasteiger partial charge in [-0.25, -0.2) is 0 Å². The van der Waals surface area contributed by atoms with E-state index in [0.29, 0.717) is 6.04 Å². The molecule has 2 rings (SSSR count). The minimum absolute atomic E-state index is 0.272. The second-order valence-electron chi connectivity index (χ2n) is 6.51. The maximum Gasteiger partial charge on any atom is 0.00106 e. The zero-order chi connectivity index (χ0) is 13.9. The van der Waals surface area contributed by atoms with Gasteiger partial charge in [0.05, 0.1) is 0 Å². The number of hydrogen-bond acceptors (Lipinski definition) is 1. The van der Waals surface area contributed by atoms with Gasteiger partial charge in [-0.15, -0.1) is 0 Å². The molecule has 0 aliphatic heterocycles. The van der Waals surface area contributed by atoms with Gasteiger partial charge in [0.2, 0.25) is 0 Å². The zero-order valence-corrected chi connectivity index (χ0v) is 12.5. The topological polar surface area (TPSA) is 12.0 Å². The maximum absolute atomic E-state index is 3.55. The molecule has 1 N–H and O–H groups in total. The molecule has 0 amide bonds. The van der Waals surface area contributed by atoms with Crippen LogP contribution in [0.1, 0.15) is 33.3 Å². The molecular weight excluding hydrogens is 230 g/mol. The van der Waals surface area contributed by atoms with Gasteiger partial charge in [-0.2, -0.15) is 0 Å². The molecule has 19 heavy (non-hydrogen) atoms. The first-order chi connectivity index (χ1) is 8.98. The van der Waals surface area contributed by atoms with Crippen molar-refractivity contribution < 1.29 is 0 Å². The third kappa shape index (κ3) is 3.81. The predicted molar refractivity (Wildman–Crippen MR) is 84.6 cm³/mol. The summed E-state index contributed by atoms with van der Waals surface area (Å²) in [5, 5.41) is 6.29. The summed E-state index contributed by atoms with van der Waals surface area (Å²) in [7, 11) is 0. The lowest BCUT2D eigenvalue weighted by atomic mass is 9.84. The Labute approximate surface area is 117 Å². The molecule has 2 aromatic carbocycles. The Kier molecular flexibility index (Phi) is 4.26. The van der Waals surface area contributed by atoms with E-state index in [2.05, 4.69) is 75.5 Å². The minimum atomic E-state index is 0.272. The Morgan fingerprint density at radius 3 is 2.42 bits per heavy atom. The summed E-state index contributed by atoms with van der Waals surface area (Å²) in [6.45, 7) is 10.1. The maximum atomic E-state index is 3.55. The van der Waals surface area contributed by atoms with Gasteiger partial charge in [0.15, 0.2) is 0 Å². The van der Waals surface area contributed by atoms with E-state index < -0.39 is 0 Å². The van der Waals surface area contributed by atoms with E-state index in [9.17, 15) is 0 Å². The molecule has 0 aliphatic carbocycles. The summed E-state index contributed by atoms with van der Waals surface area (Å²) in [6.07, 6.45) is 1.11. The Hall–Kier alpha value is -1.34. The molecule has 2 aromatic rings. The fourth-order valence-corrected chi connectivity index (χ4v) is 2.51. The van der Waals surface area contributed by atoms with Gasteiger partial charge in [-0.05, 0) is 28.2 Å². The van der Waals surface area contributed by atoms with Crippen LogP contribution >= 0.6 is 0 Å². The van der Waals surface area contributed by atoms with Crippen molar-refractivity contribution in [3.8, 4) is 0 Å². The highest BCUT2D eigenvalue weighted by Crippen LogP contribution is 2.26. The molecule has 0 aliphatic rings. The molecule has 0 radical (unpaired) electrons. The molecule has 102 valence electrons. The highest BCUT2D eigenvalue weighted by Gasteiger charge is 2.19. The van der Waals surface area contributed by atoms with Crippen molar-refractivity contribution >= 4 is 10.8 Å². The second kappa shape index (κ2) is 5.75. The van der Waals surface area contributed by atoms with Crippen molar-refractivity contribution in [3.63, 3.8) is 0 Å². The standard InChI is InChI=1S/C18H25N/c1-14(2)19-13-18(3,4)12-16-10-7-9-15-8-5-6-11-17(15)16/h5-11,14,19H,12-13H2,1-4H3. The first kappa shape index (κ1) is 14.1. The molecule has 0 atom stereocenters. The first-order valence-corrected chi connectivity index (χ1v) is 7.18. The van der Waals surface area contributed by atoms with Crippen molar-refractivity contribution in [1.82, 2.24) is 5.32 Å². The zero-order valence-electron chi connectivity index (χ0n) is 12.5. The summed E-state index contributed by atoms with van der Waals surface area (Å²) in [5.74, 6) is 0.